The average molecular weight is 310 g/mol. The molecule has 1 atom stereocenters. The number of hydrogen-bond acceptors (Lipinski definition) is 3. The Bertz CT molecular complexity index is 694. The van der Waals surface area contributed by atoms with Crippen LogP contribution in [0, 0.1) is 11.3 Å². The molecule has 112 valence electrons. The lowest BCUT2D eigenvalue weighted by molar-refractivity contribution is -0.117. The smallest absolute Gasteiger partial charge is 0.262 e. The van der Waals surface area contributed by atoms with Crippen LogP contribution in [0.15, 0.2) is 46.7 Å². The summed E-state index contributed by atoms with van der Waals surface area (Å²) in [6, 6.07) is 11.8. The lowest BCUT2D eigenvalue weighted by Crippen LogP contribution is -2.27. The molecule has 1 unspecified atom stereocenters. The Hall–Kier alpha value is -2.38. The first-order valence-corrected chi connectivity index (χ1v) is 8.12. The van der Waals surface area contributed by atoms with Crippen molar-refractivity contribution in [1.82, 2.24) is 5.32 Å². The third-order valence-electron chi connectivity index (χ3n) is 3.45. The first kappa shape index (κ1) is 16.0. The van der Waals surface area contributed by atoms with Crippen LogP contribution < -0.4 is 5.32 Å². The number of aryl methyl sites for hydroxylation is 1. The number of thiophene rings is 1. The van der Waals surface area contributed by atoms with Crippen LogP contribution in [0.4, 0.5) is 0 Å². The number of nitrogens with one attached hydrogen (secondary N) is 1. The van der Waals surface area contributed by atoms with Gasteiger partial charge in [-0.25, -0.2) is 0 Å². The number of nitrogens with zero attached hydrogens (tertiary/aromatic N) is 1. The minimum atomic E-state index is -0.347. The number of amides is 1. The second-order valence-corrected chi connectivity index (χ2v) is 5.80. The van der Waals surface area contributed by atoms with E-state index in [2.05, 4.69) is 24.4 Å². The summed E-state index contributed by atoms with van der Waals surface area (Å²) in [5.74, 6) is -0.347. The summed E-state index contributed by atoms with van der Waals surface area (Å²) in [6.07, 6.45) is 2.60. The Morgan fingerprint density at radius 1 is 1.36 bits per heavy atom. The van der Waals surface area contributed by atoms with Crippen molar-refractivity contribution in [3.63, 3.8) is 0 Å². The molecule has 0 aliphatic rings. The van der Waals surface area contributed by atoms with Gasteiger partial charge in [-0.3, -0.25) is 4.79 Å². The SMILES string of the molecule is CCc1ccc(C(C)NC(=O)/C(C#N)=C\c2ccsc2)cc1. The quantitative estimate of drug-likeness (QED) is 0.668. The molecule has 1 N–H and O–H groups in total. The molecule has 1 aromatic carbocycles. The third kappa shape index (κ3) is 4.06. The first-order valence-electron chi connectivity index (χ1n) is 7.17. The molecule has 0 spiro atoms. The first-order chi connectivity index (χ1) is 10.6. The Morgan fingerprint density at radius 2 is 2.09 bits per heavy atom. The lowest BCUT2D eigenvalue weighted by atomic mass is 10.0. The lowest BCUT2D eigenvalue weighted by Gasteiger charge is -2.14. The Labute approximate surface area is 134 Å². The monoisotopic (exact) mass is 310 g/mol. The van der Waals surface area contributed by atoms with Crippen LogP contribution >= 0.6 is 11.3 Å². The van der Waals surface area contributed by atoms with Gasteiger partial charge in [0.1, 0.15) is 11.6 Å². The van der Waals surface area contributed by atoms with Crippen LogP contribution in [0.25, 0.3) is 6.08 Å². The van der Waals surface area contributed by atoms with E-state index >= 15 is 0 Å². The molecule has 1 aromatic heterocycles. The standard InChI is InChI=1S/C18H18N2OS/c1-3-14-4-6-16(7-5-14)13(2)20-18(21)17(11-19)10-15-8-9-22-12-15/h4-10,12-13H,3H2,1-2H3,(H,20,21)/b17-10-. The molecule has 1 heterocycles. The molecule has 1 amide bonds. The number of rotatable bonds is 5. The van der Waals surface area contributed by atoms with E-state index in [4.69, 9.17) is 0 Å². The van der Waals surface area contributed by atoms with E-state index in [0.717, 1.165) is 17.5 Å². The molecule has 0 aliphatic heterocycles. The van der Waals surface area contributed by atoms with Crippen LogP contribution in [0.5, 0.6) is 0 Å². The Kier molecular flexibility index (Phi) is 5.51. The summed E-state index contributed by atoms with van der Waals surface area (Å²) in [7, 11) is 0. The van der Waals surface area contributed by atoms with Crippen LogP contribution in [0.2, 0.25) is 0 Å². The molecule has 3 nitrogen and oxygen atoms in total. The summed E-state index contributed by atoms with van der Waals surface area (Å²) in [4.78, 5) is 12.2. The van der Waals surface area contributed by atoms with Gasteiger partial charge < -0.3 is 5.32 Å². The molecule has 2 rings (SSSR count). The van der Waals surface area contributed by atoms with Gasteiger partial charge in [-0.1, -0.05) is 31.2 Å². The zero-order valence-electron chi connectivity index (χ0n) is 12.7. The van der Waals surface area contributed by atoms with E-state index in [9.17, 15) is 10.1 Å². The highest BCUT2D eigenvalue weighted by Crippen LogP contribution is 2.16. The maximum atomic E-state index is 12.2. The van der Waals surface area contributed by atoms with Crippen molar-refractivity contribution in [3.05, 3.63) is 63.4 Å². The van der Waals surface area contributed by atoms with Crippen molar-refractivity contribution in [2.45, 2.75) is 26.3 Å². The highest BCUT2D eigenvalue weighted by atomic mass is 32.1. The van der Waals surface area contributed by atoms with E-state index in [1.54, 1.807) is 6.08 Å². The number of carbonyl (C=O) groups is 1. The number of benzene rings is 1. The minimum Gasteiger partial charge on any atom is -0.345 e. The van der Waals surface area contributed by atoms with Gasteiger partial charge in [0.05, 0.1) is 6.04 Å². The number of nitriles is 1. The van der Waals surface area contributed by atoms with Crippen molar-refractivity contribution < 1.29 is 4.79 Å². The van der Waals surface area contributed by atoms with Gasteiger partial charge in [0.2, 0.25) is 0 Å². The molecular weight excluding hydrogens is 292 g/mol. The highest BCUT2D eigenvalue weighted by Gasteiger charge is 2.13. The molecule has 0 saturated carbocycles. The van der Waals surface area contributed by atoms with E-state index < -0.39 is 0 Å². The summed E-state index contributed by atoms with van der Waals surface area (Å²) >= 11 is 1.53. The molecular formula is C18H18N2OS. The molecule has 0 bridgehead atoms. The topological polar surface area (TPSA) is 52.9 Å². The molecule has 22 heavy (non-hydrogen) atoms. The van der Waals surface area contributed by atoms with E-state index in [0.29, 0.717) is 0 Å². The summed E-state index contributed by atoms with van der Waals surface area (Å²) in [5.41, 5.74) is 3.28. The predicted octanol–water partition coefficient (Wildman–Crippen LogP) is 4.09. The molecule has 0 saturated heterocycles. The third-order valence-corrected chi connectivity index (χ3v) is 4.16. The van der Waals surface area contributed by atoms with E-state index in [1.807, 2.05) is 42.0 Å². The highest BCUT2D eigenvalue weighted by molar-refractivity contribution is 7.08. The predicted molar refractivity (Wildman–Crippen MR) is 90.3 cm³/mol. The van der Waals surface area contributed by atoms with Crippen LogP contribution in [-0.2, 0) is 11.2 Å². The zero-order valence-corrected chi connectivity index (χ0v) is 13.5. The van der Waals surface area contributed by atoms with Crippen molar-refractivity contribution >= 4 is 23.3 Å². The largest absolute Gasteiger partial charge is 0.345 e. The van der Waals surface area contributed by atoms with Gasteiger partial charge in [0, 0.05) is 0 Å². The van der Waals surface area contributed by atoms with Crippen LogP contribution in [0.3, 0.4) is 0 Å². The second kappa shape index (κ2) is 7.58. The van der Waals surface area contributed by atoms with Gasteiger partial charge in [-0.15, -0.1) is 0 Å². The fourth-order valence-electron chi connectivity index (χ4n) is 2.07. The van der Waals surface area contributed by atoms with E-state index in [1.165, 1.54) is 16.9 Å². The molecule has 0 fully saturated rings. The van der Waals surface area contributed by atoms with Gasteiger partial charge in [-0.05, 0) is 52.9 Å². The Balaban J connectivity index is 2.07. The second-order valence-electron chi connectivity index (χ2n) is 5.02. The summed E-state index contributed by atoms with van der Waals surface area (Å²) < 4.78 is 0. The Morgan fingerprint density at radius 3 is 2.64 bits per heavy atom. The summed E-state index contributed by atoms with van der Waals surface area (Å²) in [6.45, 7) is 4.02. The summed E-state index contributed by atoms with van der Waals surface area (Å²) in [5, 5.41) is 15.9. The maximum Gasteiger partial charge on any atom is 0.262 e. The van der Waals surface area contributed by atoms with Crippen molar-refractivity contribution in [2.75, 3.05) is 0 Å². The van der Waals surface area contributed by atoms with Gasteiger partial charge in [0.15, 0.2) is 0 Å². The van der Waals surface area contributed by atoms with Gasteiger partial charge in [-0.2, -0.15) is 16.6 Å². The zero-order chi connectivity index (χ0) is 15.9. The van der Waals surface area contributed by atoms with Crippen LogP contribution in [-0.4, -0.2) is 5.91 Å². The fourth-order valence-corrected chi connectivity index (χ4v) is 2.69. The number of hydrogen-bond donors (Lipinski definition) is 1. The number of carbonyl (C=O) groups excluding carboxylic acids is 1. The van der Waals surface area contributed by atoms with Gasteiger partial charge in [0.25, 0.3) is 5.91 Å². The molecule has 0 aliphatic carbocycles. The van der Waals surface area contributed by atoms with Crippen LogP contribution in [0.1, 0.15) is 36.6 Å². The molecule has 4 heteroatoms. The van der Waals surface area contributed by atoms with Crippen molar-refractivity contribution in [1.29, 1.82) is 5.26 Å². The normalized spacial score (nSPS) is 12.5. The van der Waals surface area contributed by atoms with E-state index in [-0.39, 0.29) is 17.5 Å². The molecule has 0 radical (unpaired) electrons. The minimum absolute atomic E-state index is 0.121. The van der Waals surface area contributed by atoms with Gasteiger partial charge >= 0.3 is 0 Å². The molecule has 2 aromatic rings. The van der Waals surface area contributed by atoms with Crippen molar-refractivity contribution in [2.24, 2.45) is 0 Å². The fraction of sp³-hybridized carbons (Fsp3) is 0.222. The average Bonchev–Trinajstić information content (AvgIpc) is 3.05. The van der Waals surface area contributed by atoms with Crippen molar-refractivity contribution in [3.8, 4) is 6.07 Å². The maximum absolute atomic E-state index is 12.2.